The van der Waals surface area contributed by atoms with E-state index < -0.39 is 0 Å². The molecule has 0 aliphatic carbocycles. The first-order valence-corrected chi connectivity index (χ1v) is 5.67. The molecule has 1 saturated heterocycles. The van der Waals surface area contributed by atoms with E-state index in [2.05, 4.69) is 22.5 Å². The third kappa shape index (κ3) is 2.61. The summed E-state index contributed by atoms with van der Waals surface area (Å²) < 4.78 is 1.78. The quantitative estimate of drug-likeness (QED) is 0.756. The third-order valence-corrected chi connectivity index (χ3v) is 2.90. The van der Waals surface area contributed by atoms with Gasteiger partial charge in [0, 0.05) is 25.3 Å². The molecule has 1 aromatic heterocycles. The number of piperidine rings is 1. The van der Waals surface area contributed by atoms with Crippen LogP contribution in [0.25, 0.3) is 0 Å². The van der Waals surface area contributed by atoms with Gasteiger partial charge in [-0.15, -0.1) is 0 Å². The topological polar surface area (TPSA) is 59.0 Å². The Bertz CT molecular complexity index is 374. The van der Waals surface area contributed by atoms with Crippen molar-refractivity contribution in [2.75, 3.05) is 6.54 Å². The standard InChI is InChI=1S/C11H18N4O/c1-8-5-9(3-4-12-8)14-11(16)10-6-15(2)7-13-10/h6-9,12H,3-5H2,1-2H3,(H,14,16). The molecule has 0 aromatic carbocycles. The largest absolute Gasteiger partial charge is 0.348 e. The van der Waals surface area contributed by atoms with Gasteiger partial charge in [-0.3, -0.25) is 4.79 Å². The maximum Gasteiger partial charge on any atom is 0.271 e. The van der Waals surface area contributed by atoms with Crippen molar-refractivity contribution in [2.45, 2.75) is 31.8 Å². The predicted molar refractivity (Wildman–Crippen MR) is 61.2 cm³/mol. The van der Waals surface area contributed by atoms with Crippen LogP contribution < -0.4 is 10.6 Å². The van der Waals surface area contributed by atoms with Crippen molar-refractivity contribution in [3.63, 3.8) is 0 Å². The molecule has 0 saturated carbocycles. The zero-order valence-electron chi connectivity index (χ0n) is 9.73. The lowest BCUT2D eigenvalue weighted by molar-refractivity contribution is 0.0921. The van der Waals surface area contributed by atoms with E-state index in [9.17, 15) is 4.79 Å². The minimum atomic E-state index is -0.0697. The zero-order valence-corrected chi connectivity index (χ0v) is 9.73. The second-order valence-electron chi connectivity index (χ2n) is 4.47. The molecule has 88 valence electrons. The van der Waals surface area contributed by atoms with Gasteiger partial charge in [0.1, 0.15) is 5.69 Å². The lowest BCUT2D eigenvalue weighted by Crippen LogP contribution is -2.46. The number of hydrogen-bond acceptors (Lipinski definition) is 3. The number of aryl methyl sites for hydroxylation is 1. The van der Waals surface area contributed by atoms with Crippen molar-refractivity contribution in [1.82, 2.24) is 20.2 Å². The Labute approximate surface area is 95.2 Å². The number of nitrogens with one attached hydrogen (secondary N) is 2. The number of aromatic nitrogens is 2. The van der Waals surface area contributed by atoms with Gasteiger partial charge >= 0.3 is 0 Å². The smallest absolute Gasteiger partial charge is 0.271 e. The van der Waals surface area contributed by atoms with Crippen LogP contribution in [-0.2, 0) is 7.05 Å². The van der Waals surface area contributed by atoms with E-state index in [-0.39, 0.29) is 11.9 Å². The van der Waals surface area contributed by atoms with Crippen LogP contribution in [0.15, 0.2) is 12.5 Å². The average Bonchev–Trinajstić information content (AvgIpc) is 2.65. The molecule has 0 bridgehead atoms. The fraction of sp³-hybridized carbons (Fsp3) is 0.636. The number of nitrogens with zero attached hydrogens (tertiary/aromatic N) is 2. The van der Waals surface area contributed by atoms with Gasteiger partial charge in [0.15, 0.2) is 0 Å². The Hall–Kier alpha value is -1.36. The maximum atomic E-state index is 11.8. The molecule has 2 heterocycles. The molecule has 2 N–H and O–H groups in total. The van der Waals surface area contributed by atoms with Crippen LogP contribution in [0.4, 0.5) is 0 Å². The van der Waals surface area contributed by atoms with E-state index in [0.717, 1.165) is 19.4 Å². The molecule has 1 aromatic rings. The van der Waals surface area contributed by atoms with Gasteiger partial charge in [-0.1, -0.05) is 0 Å². The van der Waals surface area contributed by atoms with Crippen LogP contribution in [0.5, 0.6) is 0 Å². The van der Waals surface area contributed by atoms with Crippen molar-refractivity contribution in [3.05, 3.63) is 18.2 Å². The monoisotopic (exact) mass is 222 g/mol. The van der Waals surface area contributed by atoms with Crippen LogP contribution in [0.1, 0.15) is 30.3 Å². The number of hydrogen-bond donors (Lipinski definition) is 2. The molecule has 2 rings (SSSR count). The summed E-state index contributed by atoms with van der Waals surface area (Å²) >= 11 is 0. The SMILES string of the molecule is CC1CC(NC(=O)c2cn(C)cn2)CCN1. The number of carbonyl (C=O) groups excluding carboxylic acids is 1. The van der Waals surface area contributed by atoms with Gasteiger partial charge < -0.3 is 15.2 Å². The number of rotatable bonds is 2. The molecule has 0 radical (unpaired) electrons. The van der Waals surface area contributed by atoms with Crippen molar-refractivity contribution < 1.29 is 4.79 Å². The van der Waals surface area contributed by atoms with Crippen molar-refractivity contribution >= 4 is 5.91 Å². The molecule has 5 heteroatoms. The summed E-state index contributed by atoms with van der Waals surface area (Å²) in [5, 5.41) is 6.38. The normalized spacial score (nSPS) is 25.4. The molecule has 16 heavy (non-hydrogen) atoms. The maximum absolute atomic E-state index is 11.8. The van der Waals surface area contributed by atoms with E-state index in [4.69, 9.17) is 0 Å². The molecule has 1 aliphatic rings. The Morgan fingerprint density at radius 1 is 1.69 bits per heavy atom. The minimum Gasteiger partial charge on any atom is -0.348 e. The lowest BCUT2D eigenvalue weighted by Gasteiger charge is -2.28. The van der Waals surface area contributed by atoms with Gasteiger partial charge in [0.25, 0.3) is 5.91 Å². The van der Waals surface area contributed by atoms with Crippen LogP contribution in [0.2, 0.25) is 0 Å². The van der Waals surface area contributed by atoms with Crippen molar-refractivity contribution in [2.24, 2.45) is 7.05 Å². The highest BCUT2D eigenvalue weighted by molar-refractivity contribution is 5.92. The van der Waals surface area contributed by atoms with Gasteiger partial charge in [0.05, 0.1) is 6.33 Å². The Balaban J connectivity index is 1.92. The molecular weight excluding hydrogens is 204 g/mol. The second kappa shape index (κ2) is 4.65. The van der Waals surface area contributed by atoms with Crippen LogP contribution in [0, 0.1) is 0 Å². The third-order valence-electron chi connectivity index (χ3n) is 2.90. The molecule has 1 aliphatic heterocycles. The Kier molecular flexibility index (Phi) is 3.24. The van der Waals surface area contributed by atoms with E-state index in [1.807, 2.05) is 7.05 Å². The first-order valence-electron chi connectivity index (χ1n) is 5.67. The molecule has 1 amide bonds. The highest BCUT2D eigenvalue weighted by atomic mass is 16.2. The number of imidazole rings is 1. The summed E-state index contributed by atoms with van der Waals surface area (Å²) in [5.74, 6) is -0.0697. The molecule has 1 fully saturated rings. The summed E-state index contributed by atoms with van der Waals surface area (Å²) in [7, 11) is 1.86. The predicted octanol–water partition coefficient (Wildman–Crippen LogP) is 0.290. The highest BCUT2D eigenvalue weighted by Gasteiger charge is 2.21. The van der Waals surface area contributed by atoms with Crippen molar-refractivity contribution in [3.8, 4) is 0 Å². The average molecular weight is 222 g/mol. The first-order chi connectivity index (χ1) is 7.65. The van der Waals surface area contributed by atoms with E-state index in [1.165, 1.54) is 0 Å². The summed E-state index contributed by atoms with van der Waals surface area (Å²) in [5.41, 5.74) is 0.494. The summed E-state index contributed by atoms with van der Waals surface area (Å²) in [4.78, 5) is 15.9. The fourth-order valence-electron chi connectivity index (χ4n) is 2.05. The van der Waals surface area contributed by atoms with Crippen LogP contribution in [-0.4, -0.2) is 34.1 Å². The van der Waals surface area contributed by atoms with E-state index in [1.54, 1.807) is 17.1 Å². The second-order valence-corrected chi connectivity index (χ2v) is 4.47. The summed E-state index contributed by atoms with van der Waals surface area (Å²) in [6, 6.07) is 0.744. The highest BCUT2D eigenvalue weighted by Crippen LogP contribution is 2.08. The Morgan fingerprint density at radius 2 is 2.50 bits per heavy atom. The van der Waals surface area contributed by atoms with Crippen LogP contribution >= 0.6 is 0 Å². The molecule has 5 nitrogen and oxygen atoms in total. The van der Waals surface area contributed by atoms with Crippen LogP contribution in [0.3, 0.4) is 0 Å². The molecule has 2 unspecified atom stereocenters. The summed E-state index contributed by atoms with van der Waals surface area (Å²) in [6.45, 7) is 3.10. The number of amides is 1. The molecular formula is C11H18N4O. The van der Waals surface area contributed by atoms with Gasteiger partial charge in [-0.2, -0.15) is 0 Å². The summed E-state index contributed by atoms with van der Waals surface area (Å²) in [6.07, 6.45) is 5.35. The fourth-order valence-corrected chi connectivity index (χ4v) is 2.05. The zero-order chi connectivity index (χ0) is 11.5. The first kappa shape index (κ1) is 11.1. The number of carbonyl (C=O) groups is 1. The van der Waals surface area contributed by atoms with Gasteiger partial charge in [-0.05, 0) is 26.3 Å². The van der Waals surface area contributed by atoms with Gasteiger partial charge in [-0.25, -0.2) is 4.98 Å². The van der Waals surface area contributed by atoms with Gasteiger partial charge in [0.2, 0.25) is 0 Å². The molecule has 0 spiro atoms. The molecule has 2 atom stereocenters. The Morgan fingerprint density at radius 3 is 3.12 bits per heavy atom. The minimum absolute atomic E-state index is 0.0697. The lowest BCUT2D eigenvalue weighted by atomic mass is 10.0. The van der Waals surface area contributed by atoms with E-state index in [0.29, 0.717) is 11.7 Å². The van der Waals surface area contributed by atoms with Crippen molar-refractivity contribution in [1.29, 1.82) is 0 Å². The van der Waals surface area contributed by atoms with E-state index >= 15 is 0 Å².